The summed E-state index contributed by atoms with van der Waals surface area (Å²) in [7, 11) is 0. The van der Waals surface area contributed by atoms with E-state index in [2.05, 4.69) is 11.1 Å². The number of carbonyl (C=O) groups is 2. The zero-order valence-corrected chi connectivity index (χ0v) is 19.4. The zero-order chi connectivity index (χ0) is 23.1. The van der Waals surface area contributed by atoms with Crippen LogP contribution in [0.25, 0.3) is 10.9 Å². The van der Waals surface area contributed by atoms with Crippen molar-refractivity contribution in [1.29, 1.82) is 0 Å². The molecule has 2 aliphatic heterocycles. The van der Waals surface area contributed by atoms with Crippen LogP contribution in [-0.2, 0) is 6.54 Å². The lowest BCUT2D eigenvalue weighted by atomic mass is 9.93. The standard InChI is InChI=1S/C28H30N4O2/c33-27(31-16-7-6-14-24(31)19-9-8-15-29-17-19)25-21-12-4-5-13-23(21)30-26-22(25)18-32(28(26)34)20-10-2-1-3-11-20/h4-5,8-9,12-13,15,17,20,24H,1-3,6-7,10-11,14,16,18H2. The molecule has 174 valence electrons. The number of likely N-dealkylation sites (tertiary alicyclic amines) is 1. The fourth-order valence-electron chi connectivity index (χ4n) is 6.13. The molecule has 0 radical (unpaired) electrons. The maximum absolute atomic E-state index is 14.3. The number of nitrogens with zero attached hydrogens (tertiary/aromatic N) is 4. The number of piperidine rings is 1. The Balaban J connectivity index is 1.44. The van der Waals surface area contributed by atoms with Gasteiger partial charge in [-0.2, -0.15) is 0 Å². The summed E-state index contributed by atoms with van der Waals surface area (Å²) >= 11 is 0. The summed E-state index contributed by atoms with van der Waals surface area (Å²) in [6.45, 7) is 1.20. The lowest BCUT2D eigenvalue weighted by Crippen LogP contribution is -2.39. The number of para-hydroxylation sites is 1. The first-order valence-corrected chi connectivity index (χ1v) is 12.7. The van der Waals surface area contributed by atoms with Gasteiger partial charge in [-0.25, -0.2) is 4.98 Å². The molecule has 2 fully saturated rings. The molecule has 1 aliphatic carbocycles. The second-order valence-corrected chi connectivity index (χ2v) is 9.85. The molecule has 1 saturated carbocycles. The molecule has 4 heterocycles. The molecule has 0 N–H and O–H groups in total. The van der Waals surface area contributed by atoms with E-state index in [-0.39, 0.29) is 23.9 Å². The van der Waals surface area contributed by atoms with Gasteiger partial charge in [-0.05, 0) is 49.8 Å². The Morgan fingerprint density at radius 2 is 1.76 bits per heavy atom. The molecular formula is C28H30N4O2. The Morgan fingerprint density at radius 1 is 0.941 bits per heavy atom. The number of rotatable bonds is 3. The van der Waals surface area contributed by atoms with Crippen molar-refractivity contribution in [2.24, 2.45) is 0 Å². The monoisotopic (exact) mass is 454 g/mol. The van der Waals surface area contributed by atoms with E-state index in [1.165, 1.54) is 6.42 Å². The van der Waals surface area contributed by atoms with Gasteiger partial charge in [0.05, 0.1) is 17.1 Å². The maximum Gasteiger partial charge on any atom is 0.273 e. The number of hydrogen-bond donors (Lipinski definition) is 0. The average molecular weight is 455 g/mol. The van der Waals surface area contributed by atoms with Gasteiger partial charge in [0.15, 0.2) is 0 Å². The second-order valence-electron chi connectivity index (χ2n) is 9.85. The van der Waals surface area contributed by atoms with Crippen molar-refractivity contribution in [3.05, 3.63) is 71.2 Å². The van der Waals surface area contributed by atoms with Gasteiger partial charge in [-0.1, -0.05) is 43.5 Å². The second kappa shape index (κ2) is 8.82. The third-order valence-corrected chi connectivity index (χ3v) is 7.85. The van der Waals surface area contributed by atoms with Crippen LogP contribution in [-0.4, -0.2) is 44.2 Å². The molecule has 6 heteroatoms. The minimum absolute atomic E-state index is 0.00378. The Hall–Kier alpha value is -3.28. The molecular weight excluding hydrogens is 424 g/mol. The van der Waals surface area contributed by atoms with E-state index in [1.54, 1.807) is 6.20 Å². The number of hydrogen-bond acceptors (Lipinski definition) is 4. The van der Waals surface area contributed by atoms with Gasteiger partial charge in [0.1, 0.15) is 5.69 Å². The highest BCUT2D eigenvalue weighted by molar-refractivity contribution is 6.12. The van der Waals surface area contributed by atoms with Gasteiger partial charge < -0.3 is 9.80 Å². The molecule has 1 unspecified atom stereocenters. The molecule has 2 aromatic heterocycles. The van der Waals surface area contributed by atoms with Crippen LogP contribution in [0.5, 0.6) is 0 Å². The van der Waals surface area contributed by atoms with Crippen molar-refractivity contribution in [3.63, 3.8) is 0 Å². The summed E-state index contributed by atoms with van der Waals surface area (Å²) in [6, 6.07) is 12.0. The third kappa shape index (κ3) is 3.56. The summed E-state index contributed by atoms with van der Waals surface area (Å²) in [5.74, 6) is 0.00542. The van der Waals surface area contributed by atoms with Gasteiger partial charge >= 0.3 is 0 Å². The Kier molecular flexibility index (Phi) is 5.52. The van der Waals surface area contributed by atoms with Crippen LogP contribution < -0.4 is 0 Å². The third-order valence-electron chi connectivity index (χ3n) is 7.85. The van der Waals surface area contributed by atoms with Crippen molar-refractivity contribution in [3.8, 4) is 0 Å². The lowest BCUT2D eigenvalue weighted by Gasteiger charge is -2.36. The molecule has 34 heavy (non-hydrogen) atoms. The van der Waals surface area contributed by atoms with Crippen LogP contribution in [0.4, 0.5) is 0 Å². The Labute approximate surface area is 200 Å². The fourth-order valence-corrected chi connectivity index (χ4v) is 6.13. The predicted molar refractivity (Wildman–Crippen MR) is 130 cm³/mol. The van der Waals surface area contributed by atoms with Crippen LogP contribution in [0, 0.1) is 0 Å². The first-order chi connectivity index (χ1) is 16.7. The minimum atomic E-state index is -0.0100. The molecule has 1 saturated heterocycles. The number of amides is 2. The van der Waals surface area contributed by atoms with Crippen molar-refractivity contribution >= 4 is 22.7 Å². The highest BCUT2D eigenvalue weighted by Crippen LogP contribution is 2.38. The quantitative estimate of drug-likeness (QED) is 0.540. The SMILES string of the molecule is O=C1c2nc3ccccc3c(C(=O)N3CCCCC3c3cccnc3)c2CN1C1CCCCC1. The van der Waals surface area contributed by atoms with E-state index in [1.807, 2.05) is 46.3 Å². The summed E-state index contributed by atoms with van der Waals surface area (Å²) < 4.78 is 0. The van der Waals surface area contributed by atoms with Crippen molar-refractivity contribution in [1.82, 2.24) is 19.8 Å². The van der Waals surface area contributed by atoms with E-state index < -0.39 is 0 Å². The molecule has 0 bridgehead atoms. The van der Waals surface area contributed by atoms with Crippen molar-refractivity contribution in [2.45, 2.75) is 70.0 Å². The van der Waals surface area contributed by atoms with Gasteiger partial charge in [0.25, 0.3) is 11.8 Å². The lowest BCUT2D eigenvalue weighted by molar-refractivity contribution is 0.0604. The molecule has 3 aromatic rings. The van der Waals surface area contributed by atoms with Crippen LogP contribution in [0.3, 0.4) is 0 Å². The van der Waals surface area contributed by atoms with E-state index in [4.69, 9.17) is 4.98 Å². The van der Waals surface area contributed by atoms with Gasteiger partial charge in [0.2, 0.25) is 0 Å². The highest BCUT2D eigenvalue weighted by Gasteiger charge is 2.40. The van der Waals surface area contributed by atoms with Crippen LogP contribution >= 0.6 is 0 Å². The largest absolute Gasteiger partial charge is 0.332 e. The van der Waals surface area contributed by atoms with E-state index >= 15 is 0 Å². The maximum atomic E-state index is 14.3. The first kappa shape index (κ1) is 21.3. The molecule has 6 nitrogen and oxygen atoms in total. The summed E-state index contributed by atoms with van der Waals surface area (Å²) in [6.07, 6.45) is 12.3. The number of pyridine rings is 2. The number of carbonyl (C=O) groups excluding carboxylic acids is 2. The fraction of sp³-hybridized carbons (Fsp3) is 0.429. The highest BCUT2D eigenvalue weighted by atomic mass is 16.2. The Bertz CT molecular complexity index is 1240. The summed E-state index contributed by atoms with van der Waals surface area (Å²) in [5, 5.41) is 0.847. The smallest absolute Gasteiger partial charge is 0.273 e. The van der Waals surface area contributed by atoms with Gasteiger partial charge in [0, 0.05) is 42.5 Å². The van der Waals surface area contributed by atoms with E-state index in [0.29, 0.717) is 24.3 Å². The average Bonchev–Trinajstić information content (AvgIpc) is 3.23. The predicted octanol–water partition coefficient (Wildman–Crippen LogP) is 5.29. The number of benzene rings is 1. The zero-order valence-electron chi connectivity index (χ0n) is 19.4. The number of aromatic nitrogens is 2. The van der Waals surface area contributed by atoms with Gasteiger partial charge in [-0.3, -0.25) is 14.6 Å². The number of fused-ring (bicyclic) bond motifs is 2. The molecule has 6 rings (SSSR count). The molecule has 1 aromatic carbocycles. The van der Waals surface area contributed by atoms with E-state index in [9.17, 15) is 9.59 Å². The molecule has 3 aliphatic rings. The van der Waals surface area contributed by atoms with Crippen molar-refractivity contribution < 1.29 is 9.59 Å². The van der Waals surface area contributed by atoms with Crippen LogP contribution in [0.15, 0.2) is 48.8 Å². The molecule has 0 spiro atoms. The van der Waals surface area contributed by atoms with Crippen molar-refractivity contribution in [2.75, 3.05) is 6.54 Å². The first-order valence-electron chi connectivity index (χ1n) is 12.7. The molecule has 2 amide bonds. The van der Waals surface area contributed by atoms with Crippen LogP contribution in [0.1, 0.15) is 89.4 Å². The summed E-state index contributed by atoms with van der Waals surface area (Å²) in [4.78, 5) is 40.9. The summed E-state index contributed by atoms with van der Waals surface area (Å²) in [5.41, 5.74) is 3.75. The normalized spacial score (nSPS) is 21.2. The topological polar surface area (TPSA) is 66.4 Å². The van der Waals surface area contributed by atoms with Gasteiger partial charge in [-0.15, -0.1) is 0 Å². The van der Waals surface area contributed by atoms with Crippen LogP contribution in [0.2, 0.25) is 0 Å². The minimum Gasteiger partial charge on any atom is -0.332 e. The Morgan fingerprint density at radius 3 is 2.59 bits per heavy atom. The van der Waals surface area contributed by atoms with E-state index in [0.717, 1.165) is 67.0 Å². The molecule has 1 atom stereocenters.